The SMILES string of the molecule is Cc1cc(CNCc2cn(C)nc2C)ccc1Br. The van der Waals surface area contributed by atoms with Crippen molar-refractivity contribution < 1.29 is 0 Å². The molecule has 1 aromatic heterocycles. The molecular formula is C14H18BrN3. The first kappa shape index (κ1) is 13.3. The Kier molecular flexibility index (Phi) is 4.19. The lowest BCUT2D eigenvalue weighted by molar-refractivity contribution is 0.689. The van der Waals surface area contributed by atoms with Crippen molar-refractivity contribution in [2.24, 2.45) is 7.05 Å². The quantitative estimate of drug-likeness (QED) is 0.940. The predicted molar refractivity (Wildman–Crippen MR) is 77.4 cm³/mol. The van der Waals surface area contributed by atoms with E-state index in [1.54, 1.807) is 0 Å². The van der Waals surface area contributed by atoms with Crippen LogP contribution in [0.3, 0.4) is 0 Å². The number of aromatic nitrogens is 2. The Morgan fingerprint density at radius 2 is 2.06 bits per heavy atom. The number of hydrogen-bond acceptors (Lipinski definition) is 2. The molecule has 1 heterocycles. The summed E-state index contributed by atoms with van der Waals surface area (Å²) in [5, 5.41) is 7.78. The molecule has 0 saturated carbocycles. The highest BCUT2D eigenvalue weighted by molar-refractivity contribution is 9.10. The van der Waals surface area contributed by atoms with E-state index in [4.69, 9.17) is 0 Å². The van der Waals surface area contributed by atoms with Gasteiger partial charge in [0.2, 0.25) is 0 Å². The lowest BCUT2D eigenvalue weighted by Crippen LogP contribution is -2.13. The van der Waals surface area contributed by atoms with Gasteiger partial charge in [-0.15, -0.1) is 0 Å². The van der Waals surface area contributed by atoms with Gasteiger partial charge in [0.05, 0.1) is 5.69 Å². The molecule has 0 spiro atoms. The van der Waals surface area contributed by atoms with E-state index >= 15 is 0 Å². The molecule has 0 aliphatic carbocycles. The topological polar surface area (TPSA) is 29.9 Å². The normalized spacial score (nSPS) is 10.9. The highest BCUT2D eigenvalue weighted by Gasteiger charge is 2.02. The zero-order valence-corrected chi connectivity index (χ0v) is 12.6. The summed E-state index contributed by atoms with van der Waals surface area (Å²) >= 11 is 3.52. The van der Waals surface area contributed by atoms with Crippen molar-refractivity contribution in [3.63, 3.8) is 0 Å². The van der Waals surface area contributed by atoms with Gasteiger partial charge in [0, 0.05) is 36.4 Å². The Bertz CT molecular complexity index is 546. The zero-order chi connectivity index (χ0) is 13.1. The highest BCUT2D eigenvalue weighted by atomic mass is 79.9. The van der Waals surface area contributed by atoms with E-state index in [1.807, 2.05) is 18.7 Å². The van der Waals surface area contributed by atoms with Gasteiger partial charge in [-0.3, -0.25) is 4.68 Å². The molecule has 0 bridgehead atoms. The lowest BCUT2D eigenvalue weighted by atomic mass is 10.1. The highest BCUT2D eigenvalue weighted by Crippen LogP contribution is 2.17. The lowest BCUT2D eigenvalue weighted by Gasteiger charge is -2.06. The Labute approximate surface area is 116 Å². The second-order valence-corrected chi connectivity index (χ2v) is 5.45. The Balaban J connectivity index is 1.92. The van der Waals surface area contributed by atoms with Gasteiger partial charge in [-0.05, 0) is 31.0 Å². The Morgan fingerprint density at radius 1 is 1.28 bits per heavy atom. The van der Waals surface area contributed by atoms with Crippen LogP contribution in [-0.2, 0) is 20.1 Å². The van der Waals surface area contributed by atoms with Gasteiger partial charge in [-0.25, -0.2) is 0 Å². The van der Waals surface area contributed by atoms with E-state index in [0.717, 1.165) is 23.3 Å². The van der Waals surface area contributed by atoms with Gasteiger partial charge in [0.25, 0.3) is 0 Å². The summed E-state index contributed by atoms with van der Waals surface area (Å²) in [5.74, 6) is 0. The van der Waals surface area contributed by atoms with Crippen molar-refractivity contribution in [3.8, 4) is 0 Å². The number of benzene rings is 1. The molecule has 2 aromatic rings. The molecule has 0 radical (unpaired) electrons. The fraction of sp³-hybridized carbons (Fsp3) is 0.357. The second-order valence-electron chi connectivity index (χ2n) is 4.60. The van der Waals surface area contributed by atoms with Gasteiger partial charge in [-0.1, -0.05) is 28.1 Å². The first-order chi connectivity index (χ1) is 8.56. The van der Waals surface area contributed by atoms with Crippen molar-refractivity contribution in [1.82, 2.24) is 15.1 Å². The molecule has 3 nitrogen and oxygen atoms in total. The average molecular weight is 308 g/mol. The monoisotopic (exact) mass is 307 g/mol. The van der Waals surface area contributed by atoms with Crippen molar-refractivity contribution in [3.05, 3.63) is 51.3 Å². The molecule has 96 valence electrons. The molecule has 0 saturated heterocycles. The summed E-state index contributed by atoms with van der Waals surface area (Å²) in [5.41, 5.74) is 4.92. The maximum absolute atomic E-state index is 4.33. The molecule has 0 unspecified atom stereocenters. The fourth-order valence-electron chi connectivity index (χ4n) is 1.98. The molecule has 1 aromatic carbocycles. The molecular weight excluding hydrogens is 290 g/mol. The maximum atomic E-state index is 4.33. The summed E-state index contributed by atoms with van der Waals surface area (Å²) in [7, 11) is 1.95. The zero-order valence-electron chi connectivity index (χ0n) is 11.0. The van der Waals surface area contributed by atoms with Crippen LogP contribution in [0.25, 0.3) is 0 Å². The van der Waals surface area contributed by atoms with E-state index < -0.39 is 0 Å². The molecule has 0 amide bonds. The third-order valence-electron chi connectivity index (χ3n) is 2.98. The van der Waals surface area contributed by atoms with Crippen LogP contribution in [0.1, 0.15) is 22.4 Å². The summed E-state index contributed by atoms with van der Waals surface area (Å²) < 4.78 is 3.02. The standard InChI is InChI=1S/C14H18BrN3/c1-10-6-12(4-5-14(10)15)7-16-8-13-9-18(3)17-11(13)2/h4-6,9,16H,7-8H2,1-3H3. The summed E-state index contributed by atoms with van der Waals surface area (Å²) in [4.78, 5) is 0. The minimum absolute atomic E-state index is 0.856. The summed E-state index contributed by atoms with van der Waals surface area (Å²) in [6, 6.07) is 6.44. The molecule has 0 atom stereocenters. The smallest absolute Gasteiger partial charge is 0.0638 e. The van der Waals surface area contributed by atoms with Gasteiger partial charge >= 0.3 is 0 Å². The molecule has 18 heavy (non-hydrogen) atoms. The van der Waals surface area contributed by atoms with Crippen LogP contribution >= 0.6 is 15.9 Å². The van der Waals surface area contributed by atoms with Crippen LogP contribution in [0.4, 0.5) is 0 Å². The van der Waals surface area contributed by atoms with E-state index in [2.05, 4.69) is 57.7 Å². The van der Waals surface area contributed by atoms with Crippen molar-refractivity contribution >= 4 is 15.9 Å². The first-order valence-corrected chi connectivity index (χ1v) is 6.80. The van der Waals surface area contributed by atoms with Crippen LogP contribution in [0.15, 0.2) is 28.9 Å². The number of halogens is 1. The Hall–Kier alpha value is -1.13. The van der Waals surface area contributed by atoms with Gasteiger partial charge in [-0.2, -0.15) is 5.10 Å². The van der Waals surface area contributed by atoms with Crippen LogP contribution in [0.5, 0.6) is 0 Å². The third-order valence-corrected chi connectivity index (χ3v) is 3.87. The van der Waals surface area contributed by atoms with Crippen LogP contribution in [0.2, 0.25) is 0 Å². The van der Waals surface area contributed by atoms with Crippen LogP contribution < -0.4 is 5.32 Å². The van der Waals surface area contributed by atoms with Crippen molar-refractivity contribution in [2.75, 3.05) is 0 Å². The summed E-state index contributed by atoms with van der Waals surface area (Å²) in [6.07, 6.45) is 2.06. The second kappa shape index (κ2) is 5.67. The molecule has 2 rings (SSSR count). The molecule has 0 fully saturated rings. The molecule has 0 aliphatic rings. The van der Waals surface area contributed by atoms with Crippen LogP contribution in [-0.4, -0.2) is 9.78 Å². The minimum Gasteiger partial charge on any atom is -0.308 e. The predicted octanol–water partition coefficient (Wildman–Crippen LogP) is 3.09. The number of aryl methyl sites for hydroxylation is 3. The number of nitrogens with one attached hydrogen (secondary N) is 1. The molecule has 1 N–H and O–H groups in total. The van der Waals surface area contributed by atoms with E-state index in [-0.39, 0.29) is 0 Å². The van der Waals surface area contributed by atoms with Crippen molar-refractivity contribution in [2.45, 2.75) is 26.9 Å². The van der Waals surface area contributed by atoms with E-state index in [0.29, 0.717) is 0 Å². The first-order valence-electron chi connectivity index (χ1n) is 6.01. The van der Waals surface area contributed by atoms with Crippen LogP contribution in [0, 0.1) is 13.8 Å². The number of hydrogen-bond donors (Lipinski definition) is 1. The minimum atomic E-state index is 0.856. The fourth-order valence-corrected chi connectivity index (χ4v) is 2.23. The van der Waals surface area contributed by atoms with Gasteiger partial charge < -0.3 is 5.32 Å². The van der Waals surface area contributed by atoms with E-state index in [9.17, 15) is 0 Å². The third kappa shape index (κ3) is 3.21. The largest absolute Gasteiger partial charge is 0.308 e. The maximum Gasteiger partial charge on any atom is 0.0638 e. The Morgan fingerprint density at radius 3 is 2.67 bits per heavy atom. The van der Waals surface area contributed by atoms with Gasteiger partial charge in [0.1, 0.15) is 0 Å². The average Bonchev–Trinajstić information content (AvgIpc) is 2.63. The van der Waals surface area contributed by atoms with E-state index in [1.165, 1.54) is 16.7 Å². The molecule has 4 heteroatoms. The van der Waals surface area contributed by atoms with Gasteiger partial charge in [0.15, 0.2) is 0 Å². The molecule has 0 aliphatic heterocycles. The number of nitrogens with zero attached hydrogens (tertiary/aromatic N) is 2. The number of rotatable bonds is 4. The summed E-state index contributed by atoms with van der Waals surface area (Å²) in [6.45, 7) is 5.89. The van der Waals surface area contributed by atoms with Crippen molar-refractivity contribution in [1.29, 1.82) is 0 Å².